The highest BCUT2D eigenvalue weighted by molar-refractivity contribution is 8.14. The Morgan fingerprint density at radius 1 is 1.60 bits per heavy atom. The summed E-state index contributed by atoms with van der Waals surface area (Å²) in [6, 6.07) is 3.13. The number of thioether (sulfide) groups is 1. The predicted octanol–water partition coefficient (Wildman–Crippen LogP) is 0.660. The highest BCUT2D eigenvalue weighted by Crippen LogP contribution is 2.09. The van der Waals surface area contributed by atoms with Crippen LogP contribution < -0.4 is 5.32 Å². The molecule has 0 atom stereocenters. The highest BCUT2D eigenvalue weighted by Gasteiger charge is 2.13. The zero-order chi connectivity index (χ0) is 10.7. The lowest BCUT2D eigenvalue weighted by molar-refractivity contribution is 0.0973. The molecule has 0 aromatic carbocycles. The number of H-pyrrole nitrogens is 1. The molecule has 1 aromatic heterocycles. The lowest BCUT2D eigenvalue weighted by Gasteiger charge is -2.00. The molecule has 0 aliphatic carbocycles. The molecular formula is C9H9N3O2S. The Labute approximate surface area is 90.4 Å². The largest absolute Gasteiger partial charge is 0.348 e. The van der Waals surface area contributed by atoms with E-state index in [1.165, 1.54) is 11.8 Å². The van der Waals surface area contributed by atoms with E-state index in [1.54, 1.807) is 12.1 Å². The van der Waals surface area contributed by atoms with Gasteiger partial charge in [0.15, 0.2) is 11.5 Å². The molecule has 6 heteroatoms. The monoisotopic (exact) mass is 223 g/mol. The van der Waals surface area contributed by atoms with Crippen LogP contribution in [0.4, 0.5) is 0 Å². The Balaban J connectivity index is 2.03. The minimum absolute atomic E-state index is 0.267. The third-order valence-corrected chi connectivity index (χ3v) is 2.78. The van der Waals surface area contributed by atoms with E-state index in [0.717, 1.165) is 12.3 Å². The van der Waals surface area contributed by atoms with Crippen LogP contribution in [0.1, 0.15) is 21.0 Å². The number of aromatic amines is 1. The minimum Gasteiger partial charge on any atom is -0.348 e. The van der Waals surface area contributed by atoms with Crippen molar-refractivity contribution in [3.05, 3.63) is 23.5 Å². The van der Waals surface area contributed by atoms with Gasteiger partial charge in [-0.15, -0.1) is 0 Å². The Bertz CT molecular complexity index is 425. The molecule has 0 saturated carbocycles. The number of carbonyl (C=O) groups is 2. The Hall–Kier alpha value is -1.56. The number of nitrogens with zero attached hydrogens (tertiary/aromatic N) is 1. The number of amides is 1. The molecule has 2 heterocycles. The first-order valence-electron chi connectivity index (χ1n) is 4.42. The third-order valence-electron chi connectivity index (χ3n) is 1.89. The smallest absolute Gasteiger partial charge is 0.273 e. The number of carbonyl (C=O) groups excluding carboxylic acids is 2. The summed E-state index contributed by atoms with van der Waals surface area (Å²) in [5.41, 5.74) is 0.758. The molecule has 1 aliphatic rings. The predicted molar refractivity (Wildman–Crippen MR) is 58.4 cm³/mol. The maximum absolute atomic E-state index is 11.6. The number of hydrogen-bond donors (Lipinski definition) is 2. The summed E-state index contributed by atoms with van der Waals surface area (Å²) in [5.74, 6) is 0.635. The topological polar surface area (TPSA) is 74.3 Å². The molecule has 15 heavy (non-hydrogen) atoms. The lowest BCUT2D eigenvalue weighted by Crippen LogP contribution is -2.27. The number of aliphatic imine (C=N–C) groups is 1. The zero-order valence-corrected chi connectivity index (χ0v) is 8.63. The van der Waals surface area contributed by atoms with E-state index in [4.69, 9.17) is 0 Å². The van der Waals surface area contributed by atoms with Gasteiger partial charge in [0, 0.05) is 5.75 Å². The van der Waals surface area contributed by atoms with Gasteiger partial charge in [-0.05, 0) is 12.1 Å². The SMILES string of the molecule is O=Cc1ccc(C(=O)NC2=NCCS2)[nH]1. The van der Waals surface area contributed by atoms with Crippen LogP contribution in [-0.4, -0.2) is 34.6 Å². The minimum atomic E-state index is -0.267. The molecule has 0 unspecified atom stereocenters. The van der Waals surface area contributed by atoms with Gasteiger partial charge in [0.25, 0.3) is 5.91 Å². The zero-order valence-electron chi connectivity index (χ0n) is 7.82. The van der Waals surface area contributed by atoms with E-state index in [1.807, 2.05) is 0 Å². The second-order valence-electron chi connectivity index (χ2n) is 2.93. The first-order chi connectivity index (χ1) is 7.29. The summed E-state index contributed by atoms with van der Waals surface area (Å²) in [7, 11) is 0. The van der Waals surface area contributed by atoms with Crippen molar-refractivity contribution in [3.63, 3.8) is 0 Å². The van der Waals surface area contributed by atoms with Crippen molar-refractivity contribution in [1.82, 2.24) is 10.3 Å². The number of hydrogen-bond acceptors (Lipinski definition) is 4. The van der Waals surface area contributed by atoms with Gasteiger partial charge in [-0.25, -0.2) is 0 Å². The number of aldehydes is 1. The molecule has 1 amide bonds. The first-order valence-corrected chi connectivity index (χ1v) is 5.41. The van der Waals surface area contributed by atoms with Crippen molar-refractivity contribution < 1.29 is 9.59 Å². The van der Waals surface area contributed by atoms with Crippen LogP contribution in [0.2, 0.25) is 0 Å². The summed E-state index contributed by atoms with van der Waals surface area (Å²) in [6.45, 7) is 0.741. The van der Waals surface area contributed by atoms with Gasteiger partial charge in [0.05, 0.1) is 12.2 Å². The fourth-order valence-corrected chi connectivity index (χ4v) is 1.91. The molecule has 0 saturated heterocycles. The molecular weight excluding hydrogens is 214 g/mol. The van der Waals surface area contributed by atoms with E-state index in [9.17, 15) is 9.59 Å². The van der Waals surface area contributed by atoms with Gasteiger partial charge in [-0.1, -0.05) is 11.8 Å². The van der Waals surface area contributed by atoms with Crippen molar-refractivity contribution in [2.75, 3.05) is 12.3 Å². The quantitative estimate of drug-likeness (QED) is 0.723. The number of aromatic nitrogens is 1. The standard InChI is InChI=1S/C9H9N3O2S/c13-5-6-1-2-7(11-6)8(14)12-9-10-3-4-15-9/h1-2,5,11H,3-4H2,(H,10,12,14). The molecule has 1 aliphatic heterocycles. The van der Waals surface area contributed by atoms with Crippen LogP contribution in [0.3, 0.4) is 0 Å². The molecule has 0 spiro atoms. The van der Waals surface area contributed by atoms with Gasteiger partial charge in [0.1, 0.15) is 5.69 Å². The lowest BCUT2D eigenvalue weighted by atomic mass is 10.4. The Kier molecular flexibility index (Phi) is 2.86. The van der Waals surface area contributed by atoms with Crippen molar-refractivity contribution in [2.45, 2.75) is 0 Å². The van der Waals surface area contributed by atoms with Crippen LogP contribution in [0.25, 0.3) is 0 Å². The molecule has 2 rings (SSSR count). The molecule has 78 valence electrons. The van der Waals surface area contributed by atoms with Crippen LogP contribution in [0.15, 0.2) is 17.1 Å². The highest BCUT2D eigenvalue weighted by atomic mass is 32.2. The van der Waals surface area contributed by atoms with Gasteiger partial charge in [0.2, 0.25) is 0 Å². The van der Waals surface area contributed by atoms with Crippen LogP contribution in [0, 0.1) is 0 Å². The molecule has 0 bridgehead atoms. The first kappa shape index (κ1) is 9.97. The molecule has 1 aromatic rings. The second-order valence-corrected chi connectivity index (χ2v) is 4.02. The number of rotatable bonds is 2. The average molecular weight is 223 g/mol. The van der Waals surface area contributed by atoms with E-state index in [0.29, 0.717) is 22.8 Å². The van der Waals surface area contributed by atoms with Crippen molar-refractivity contribution in [3.8, 4) is 0 Å². The average Bonchev–Trinajstić information content (AvgIpc) is 2.86. The summed E-state index contributed by atoms with van der Waals surface area (Å²) < 4.78 is 0. The van der Waals surface area contributed by atoms with E-state index >= 15 is 0 Å². The fourth-order valence-electron chi connectivity index (χ4n) is 1.19. The van der Waals surface area contributed by atoms with E-state index in [2.05, 4.69) is 15.3 Å². The van der Waals surface area contributed by atoms with Gasteiger partial charge < -0.3 is 10.3 Å². The maximum atomic E-state index is 11.6. The van der Waals surface area contributed by atoms with Crippen LogP contribution in [-0.2, 0) is 0 Å². The van der Waals surface area contributed by atoms with Gasteiger partial charge in [-0.2, -0.15) is 0 Å². The normalized spacial score (nSPS) is 14.8. The fraction of sp³-hybridized carbons (Fsp3) is 0.222. The van der Waals surface area contributed by atoms with Crippen molar-refractivity contribution in [2.24, 2.45) is 4.99 Å². The second kappa shape index (κ2) is 4.31. The summed E-state index contributed by atoms with van der Waals surface area (Å²) in [5, 5.41) is 3.30. The summed E-state index contributed by atoms with van der Waals surface area (Å²) >= 11 is 1.51. The summed E-state index contributed by atoms with van der Waals surface area (Å²) in [6.07, 6.45) is 0.665. The molecule has 0 fully saturated rings. The third kappa shape index (κ3) is 2.27. The van der Waals surface area contributed by atoms with Crippen molar-refractivity contribution in [1.29, 1.82) is 0 Å². The van der Waals surface area contributed by atoms with Crippen LogP contribution >= 0.6 is 11.8 Å². The summed E-state index contributed by atoms with van der Waals surface area (Å²) in [4.78, 5) is 28.8. The van der Waals surface area contributed by atoms with Gasteiger partial charge in [-0.3, -0.25) is 14.6 Å². The van der Waals surface area contributed by atoms with Gasteiger partial charge >= 0.3 is 0 Å². The Morgan fingerprint density at radius 2 is 2.47 bits per heavy atom. The van der Waals surface area contributed by atoms with Crippen LogP contribution in [0.5, 0.6) is 0 Å². The number of nitrogens with one attached hydrogen (secondary N) is 2. The van der Waals surface area contributed by atoms with E-state index in [-0.39, 0.29) is 5.91 Å². The molecule has 0 radical (unpaired) electrons. The van der Waals surface area contributed by atoms with Crippen molar-refractivity contribution >= 4 is 29.1 Å². The molecule has 2 N–H and O–H groups in total. The maximum Gasteiger partial charge on any atom is 0.273 e. The molecule has 5 nitrogen and oxygen atoms in total. The Morgan fingerprint density at radius 3 is 3.07 bits per heavy atom. The number of amidine groups is 1. The van der Waals surface area contributed by atoms with E-state index < -0.39 is 0 Å².